The largest absolute Gasteiger partial charge is 0.444 e. The van der Waals surface area contributed by atoms with Crippen LogP contribution in [0.25, 0.3) is 0 Å². The summed E-state index contributed by atoms with van der Waals surface area (Å²) in [6.07, 6.45) is 1.52. The normalized spacial score (nSPS) is 20.0. The number of carbonyl (C=O) groups is 9. The highest BCUT2D eigenvalue weighted by Gasteiger charge is 2.40. The van der Waals surface area contributed by atoms with Crippen molar-refractivity contribution in [1.82, 2.24) is 36.1 Å². The molecule has 3 rings (SSSR count). The van der Waals surface area contributed by atoms with Crippen LogP contribution in [0.15, 0.2) is 0 Å². The molecule has 3 saturated heterocycles. The number of amides is 8. The highest BCUT2D eigenvalue weighted by atomic mass is 16.7. The van der Waals surface area contributed by atoms with E-state index >= 15 is 0 Å². The van der Waals surface area contributed by atoms with E-state index in [0.717, 1.165) is 0 Å². The van der Waals surface area contributed by atoms with Gasteiger partial charge in [0.05, 0.1) is 6.54 Å². The molecule has 4 atom stereocenters. The van der Waals surface area contributed by atoms with Crippen molar-refractivity contribution in [1.29, 1.82) is 0 Å². The average molecular weight is 750 g/mol. The van der Waals surface area contributed by atoms with E-state index in [2.05, 4.69) is 21.3 Å². The molecule has 4 N–H and O–H groups in total. The van der Waals surface area contributed by atoms with Crippen molar-refractivity contribution in [2.75, 3.05) is 26.2 Å². The van der Waals surface area contributed by atoms with E-state index in [1.165, 1.54) is 9.80 Å². The number of nitrogens with zero attached hydrogens (tertiary/aromatic N) is 3. The van der Waals surface area contributed by atoms with Gasteiger partial charge in [0, 0.05) is 25.9 Å². The number of carbonyl (C=O) groups excluding carboxylic acids is 9. The lowest BCUT2D eigenvalue weighted by Crippen LogP contribution is -2.56. The lowest BCUT2D eigenvalue weighted by atomic mass is 10.0. The summed E-state index contributed by atoms with van der Waals surface area (Å²) in [6.45, 7) is 12.1. The van der Waals surface area contributed by atoms with Crippen LogP contribution in [0.2, 0.25) is 0 Å². The highest BCUT2D eigenvalue weighted by Crippen LogP contribution is 2.22. The topological polar surface area (TPSA) is 230 Å². The molecule has 0 aromatic rings. The zero-order valence-corrected chi connectivity index (χ0v) is 31.8. The van der Waals surface area contributed by atoms with Crippen LogP contribution in [0.3, 0.4) is 0 Å². The van der Waals surface area contributed by atoms with Gasteiger partial charge in [-0.25, -0.2) is 9.59 Å². The molecule has 18 heteroatoms. The Morgan fingerprint density at radius 1 is 0.717 bits per heavy atom. The van der Waals surface area contributed by atoms with E-state index in [1.54, 1.807) is 20.8 Å². The van der Waals surface area contributed by atoms with Gasteiger partial charge < -0.3 is 35.7 Å². The van der Waals surface area contributed by atoms with Gasteiger partial charge in [0.25, 0.3) is 11.8 Å². The van der Waals surface area contributed by atoms with E-state index in [0.29, 0.717) is 37.3 Å². The van der Waals surface area contributed by atoms with Gasteiger partial charge in [-0.3, -0.25) is 38.5 Å². The predicted molar refractivity (Wildman–Crippen MR) is 187 cm³/mol. The molecule has 0 spiro atoms. The first-order valence-corrected chi connectivity index (χ1v) is 18.3. The third kappa shape index (κ3) is 12.7. The van der Waals surface area contributed by atoms with Gasteiger partial charge in [-0.15, -0.1) is 5.06 Å². The number of hydroxylamine groups is 2. The first-order chi connectivity index (χ1) is 24.8. The first kappa shape index (κ1) is 42.6. The second-order valence-electron chi connectivity index (χ2n) is 15.4. The van der Waals surface area contributed by atoms with E-state index in [1.807, 2.05) is 27.7 Å². The number of ether oxygens (including phenoxy) is 1. The van der Waals surface area contributed by atoms with Gasteiger partial charge >= 0.3 is 12.1 Å². The molecule has 3 heterocycles. The van der Waals surface area contributed by atoms with Gasteiger partial charge in [0.1, 0.15) is 36.3 Å². The Morgan fingerprint density at radius 2 is 1.17 bits per heavy atom. The van der Waals surface area contributed by atoms with Crippen molar-refractivity contribution >= 4 is 53.4 Å². The molecule has 0 saturated carbocycles. The number of nitrogens with one attached hydrogen (secondary N) is 4. The Balaban J connectivity index is 1.57. The summed E-state index contributed by atoms with van der Waals surface area (Å²) in [5, 5.41) is 10.8. The second-order valence-corrected chi connectivity index (χ2v) is 15.4. The third-order valence-corrected chi connectivity index (χ3v) is 8.76. The Morgan fingerprint density at radius 3 is 1.64 bits per heavy atom. The van der Waals surface area contributed by atoms with Gasteiger partial charge in [-0.2, -0.15) is 0 Å². The van der Waals surface area contributed by atoms with Crippen LogP contribution in [-0.2, 0) is 47.9 Å². The van der Waals surface area contributed by atoms with Crippen molar-refractivity contribution in [2.24, 2.45) is 11.8 Å². The van der Waals surface area contributed by atoms with Crippen molar-refractivity contribution in [3.8, 4) is 0 Å². The van der Waals surface area contributed by atoms with Crippen molar-refractivity contribution in [2.45, 2.75) is 130 Å². The molecule has 3 aliphatic heterocycles. The van der Waals surface area contributed by atoms with E-state index < -0.39 is 96.3 Å². The Hall–Kier alpha value is -4.77. The van der Waals surface area contributed by atoms with Crippen LogP contribution in [0, 0.1) is 11.8 Å². The van der Waals surface area contributed by atoms with Crippen molar-refractivity contribution in [3.63, 3.8) is 0 Å². The Labute approximate surface area is 309 Å². The minimum atomic E-state index is -1.07. The number of likely N-dealkylation sites (tertiary alicyclic amines) is 2. The molecule has 0 aliphatic carbocycles. The van der Waals surface area contributed by atoms with Crippen LogP contribution in [0.4, 0.5) is 4.79 Å². The minimum absolute atomic E-state index is 0.000874. The van der Waals surface area contributed by atoms with Gasteiger partial charge in [-0.1, -0.05) is 27.7 Å². The summed E-state index contributed by atoms with van der Waals surface area (Å²) in [5.41, 5.74) is -0.744. The summed E-state index contributed by atoms with van der Waals surface area (Å²) in [6, 6.07) is -3.79. The summed E-state index contributed by atoms with van der Waals surface area (Å²) in [7, 11) is 0. The lowest BCUT2D eigenvalue weighted by molar-refractivity contribution is -0.196. The standard InChI is InChI=1S/C35H55N7O11/c1-20(2)16-22(39-33(50)25-11-9-15-41(25)34(51)52-35(5,6)7)30(47)36-18-28(45)40-14-8-10-24(40)32(49)38-23(17-21(3)4)31(48)37-19-29(46)53-42-26(43)12-13-27(42)44/h20-25H,8-19H2,1-7H3,(H,36,47)(H,37,48)(H,38,49)(H,39,50)/t22-,23-,24-,25-/m0/s1. The first-order valence-electron chi connectivity index (χ1n) is 18.3. The molecule has 3 aliphatic rings. The fourth-order valence-electron chi connectivity index (χ4n) is 6.32. The highest BCUT2D eigenvalue weighted by molar-refractivity contribution is 6.02. The van der Waals surface area contributed by atoms with Crippen LogP contribution in [-0.4, -0.2) is 124 Å². The summed E-state index contributed by atoms with van der Waals surface area (Å²) >= 11 is 0. The molecule has 0 radical (unpaired) electrons. The van der Waals surface area contributed by atoms with Crippen LogP contribution in [0.5, 0.6) is 0 Å². The van der Waals surface area contributed by atoms with Crippen LogP contribution in [0.1, 0.15) is 99.8 Å². The fourth-order valence-corrected chi connectivity index (χ4v) is 6.32. The van der Waals surface area contributed by atoms with E-state index in [4.69, 9.17) is 9.57 Å². The smallest absolute Gasteiger partial charge is 0.410 e. The molecule has 0 aromatic carbocycles. The molecule has 8 amide bonds. The molecular formula is C35H55N7O11. The van der Waals surface area contributed by atoms with Gasteiger partial charge in [-0.05, 0) is 71.1 Å². The number of imide groups is 1. The minimum Gasteiger partial charge on any atom is -0.444 e. The molecule has 3 fully saturated rings. The molecular weight excluding hydrogens is 694 g/mol. The van der Waals surface area contributed by atoms with Crippen molar-refractivity contribution in [3.05, 3.63) is 0 Å². The number of hydrogen-bond donors (Lipinski definition) is 4. The van der Waals surface area contributed by atoms with Gasteiger partial charge in [0.15, 0.2) is 0 Å². The zero-order chi connectivity index (χ0) is 39.6. The van der Waals surface area contributed by atoms with Crippen LogP contribution >= 0.6 is 0 Å². The second kappa shape index (κ2) is 18.8. The van der Waals surface area contributed by atoms with E-state index in [-0.39, 0.29) is 44.1 Å². The average Bonchev–Trinajstić information content (AvgIpc) is 3.82. The van der Waals surface area contributed by atoms with Crippen molar-refractivity contribution < 1.29 is 52.7 Å². The lowest BCUT2D eigenvalue weighted by Gasteiger charge is -2.29. The van der Waals surface area contributed by atoms with Crippen LogP contribution < -0.4 is 21.3 Å². The van der Waals surface area contributed by atoms with E-state index in [9.17, 15) is 43.2 Å². The third-order valence-electron chi connectivity index (χ3n) is 8.76. The predicted octanol–water partition coefficient (Wildman–Crippen LogP) is 0.278. The molecule has 0 bridgehead atoms. The maximum absolute atomic E-state index is 13.4. The van der Waals surface area contributed by atoms with Gasteiger partial charge in [0.2, 0.25) is 29.5 Å². The monoisotopic (exact) mass is 749 g/mol. The molecule has 0 aromatic heterocycles. The molecule has 18 nitrogen and oxygen atoms in total. The molecule has 53 heavy (non-hydrogen) atoms. The summed E-state index contributed by atoms with van der Waals surface area (Å²) in [5.74, 6) is -5.32. The maximum Gasteiger partial charge on any atom is 0.410 e. The number of rotatable bonds is 15. The molecule has 0 unspecified atom stereocenters. The number of hydrogen-bond acceptors (Lipinski definition) is 11. The SMILES string of the molecule is CC(C)C[C@H](NC(=O)[C@@H]1CCCN1C(=O)CNC(=O)[C@H](CC(C)C)NC(=O)[C@@H]1CCCN1C(=O)OC(C)(C)C)C(=O)NCC(=O)ON1C(=O)CCC1=O. The summed E-state index contributed by atoms with van der Waals surface area (Å²) in [4.78, 5) is 122. The fraction of sp³-hybridized carbons (Fsp3) is 0.743. The maximum atomic E-state index is 13.4. The zero-order valence-electron chi connectivity index (χ0n) is 31.8. The Kier molecular flexibility index (Phi) is 15.1. The quantitative estimate of drug-likeness (QED) is 0.166. The Bertz CT molecular complexity index is 1410. The molecule has 296 valence electrons. The summed E-state index contributed by atoms with van der Waals surface area (Å²) < 4.78 is 5.45.